The highest BCUT2D eigenvalue weighted by Gasteiger charge is 2.72. The van der Waals surface area contributed by atoms with Gasteiger partial charge in [0.05, 0.1) is 37.6 Å². The summed E-state index contributed by atoms with van der Waals surface area (Å²) < 4.78 is 28.2. The molecule has 0 saturated carbocycles. The number of piperidine rings is 1. The molecule has 2 heterocycles. The molecule has 39 heavy (non-hydrogen) atoms. The van der Waals surface area contributed by atoms with E-state index < -0.39 is 41.1 Å². The van der Waals surface area contributed by atoms with Crippen LogP contribution >= 0.6 is 0 Å². The predicted molar refractivity (Wildman–Crippen MR) is 138 cm³/mol. The first-order valence-electron chi connectivity index (χ1n) is 13.6. The van der Waals surface area contributed by atoms with Crippen LogP contribution in [0.1, 0.15) is 57.6 Å². The molecule has 10 nitrogen and oxygen atoms in total. The molecule has 4 aliphatic rings. The van der Waals surface area contributed by atoms with Crippen LogP contribution in [0.25, 0.3) is 0 Å². The highest BCUT2D eigenvalue weighted by Crippen LogP contribution is 2.65. The van der Waals surface area contributed by atoms with Crippen molar-refractivity contribution in [3.05, 3.63) is 35.1 Å². The molecule has 2 bridgehead atoms. The quantitative estimate of drug-likeness (QED) is 0.367. The van der Waals surface area contributed by atoms with Crippen molar-refractivity contribution in [3.63, 3.8) is 0 Å². The zero-order chi connectivity index (χ0) is 28.1. The molecule has 1 aromatic carbocycles. The van der Waals surface area contributed by atoms with Gasteiger partial charge in [-0.05, 0) is 57.0 Å². The van der Waals surface area contributed by atoms with Gasteiger partial charge in [-0.2, -0.15) is 0 Å². The molecule has 0 amide bonds. The van der Waals surface area contributed by atoms with Crippen molar-refractivity contribution in [3.8, 4) is 11.5 Å². The molecule has 5 rings (SSSR count). The number of rotatable bonds is 9. The van der Waals surface area contributed by atoms with Crippen LogP contribution in [0.15, 0.2) is 24.0 Å². The first-order valence-corrected chi connectivity index (χ1v) is 13.6. The van der Waals surface area contributed by atoms with Gasteiger partial charge in [0.2, 0.25) is 0 Å². The smallest absolute Gasteiger partial charge is 0.352 e. The zero-order valence-corrected chi connectivity index (χ0v) is 23.2. The summed E-state index contributed by atoms with van der Waals surface area (Å²) in [5, 5.41) is 12.2. The highest BCUT2D eigenvalue weighted by molar-refractivity contribution is 5.82. The lowest BCUT2D eigenvalue weighted by atomic mass is 9.50. The maximum atomic E-state index is 13.0. The van der Waals surface area contributed by atoms with E-state index in [9.17, 15) is 19.5 Å². The summed E-state index contributed by atoms with van der Waals surface area (Å²) in [5.41, 5.74) is 0.107. The summed E-state index contributed by atoms with van der Waals surface area (Å²) in [6.07, 6.45) is 1.02. The minimum Gasteiger partial charge on any atom is -0.493 e. The van der Waals surface area contributed by atoms with Crippen LogP contribution in [0.2, 0.25) is 0 Å². The van der Waals surface area contributed by atoms with Gasteiger partial charge in [-0.25, -0.2) is 4.79 Å². The molecule has 1 spiro atoms. The number of nitrogens with zero attached hydrogens (tertiary/aromatic N) is 1. The number of likely N-dealkylation sites (tertiary alicyclic amines) is 1. The topological polar surface area (TPSA) is 121 Å². The predicted octanol–water partition coefficient (Wildman–Crippen LogP) is 2.43. The molecule has 1 fully saturated rings. The molecule has 1 aromatic rings. The van der Waals surface area contributed by atoms with Gasteiger partial charge in [-0.15, -0.1) is 0 Å². The standard InChI is InChI=1S/C29H37NO9/c1-16(2)15-36-22(31)8-9-23(32)37-17(3)27(33)38-20-10-11-29(34)21-14-18-6-7-19(35-5)25-24(18)28(29,26(20)39-25)12-13-30(21)4/h6-7,10,16-17,21,26,34H,8-9,11-15H2,1-5H3/t17-,21+,26-,28-,29+/m0/s1. The number of esters is 3. The molecule has 212 valence electrons. The fraction of sp³-hybridized carbons (Fsp3) is 0.621. The third-order valence-electron chi connectivity index (χ3n) is 8.53. The Morgan fingerprint density at radius 1 is 1.18 bits per heavy atom. The average Bonchev–Trinajstić information content (AvgIpc) is 3.25. The van der Waals surface area contributed by atoms with Crippen LogP contribution in [0.3, 0.4) is 0 Å². The number of benzene rings is 1. The van der Waals surface area contributed by atoms with Gasteiger partial charge >= 0.3 is 17.9 Å². The van der Waals surface area contributed by atoms with Crippen LogP contribution < -0.4 is 9.47 Å². The fourth-order valence-corrected chi connectivity index (χ4v) is 6.63. The van der Waals surface area contributed by atoms with Gasteiger partial charge in [0, 0.05) is 18.0 Å². The number of likely N-dealkylation sites (N-methyl/N-ethyl adjacent to an activating group) is 1. The highest BCUT2D eigenvalue weighted by atomic mass is 16.6. The number of carbonyl (C=O) groups is 3. The first-order chi connectivity index (χ1) is 18.5. The Kier molecular flexibility index (Phi) is 7.13. The lowest BCUT2D eigenvalue weighted by Crippen LogP contribution is -2.74. The lowest BCUT2D eigenvalue weighted by molar-refractivity contribution is -0.175. The van der Waals surface area contributed by atoms with Crippen molar-refractivity contribution in [2.24, 2.45) is 5.92 Å². The molecular weight excluding hydrogens is 506 g/mol. The Balaban J connectivity index is 1.32. The zero-order valence-electron chi connectivity index (χ0n) is 23.2. The maximum Gasteiger partial charge on any atom is 0.352 e. The van der Waals surface area contributed by atoms with Crippen LogP contribution in [0.5, 0.6) is 11.5 Å². The average molecular weight is 544 g/mol. The SMILES string of the molecule is COc1ccc2c3c1O[C@H]1C(OC(=O)[C@H](C)OC(=O)CCC(=O)OCC(C)C)=CC[C@@]4(O)[C@@H](C2)N(C)CC[C@]314. The van der Waals surface area contributed by atoms with E-state index in [0.29, 0.717) is 30.1 Å². The number of hydrogen-bond donors (Lipinski definition) is 1. The molecule has 2 aliphatic heterocycles. The maximum absolute atomic E-state index is 13.0. The fourth-order valence-electron chi connectivity index (χ4n) is 6.63. The van der Waals surface area contributed by atoms with Crippen LogP contribution in [0.4, 0.5) is 0 Å². The van der Waals surface area contributed by atoms with E-state index in [1.54, 1.807) is 13.2 Å². The van der Waals surface area contributed by atoms with Crippen molar-refractivity contribution in [1.82, 2.24) is 4.90 Å². The van der Waals surface area contributed by atoms with Crippen molar-refractivity contribution in [2.45, 2.75) is 82.1 Å². The molecule has 2 aliphatic carbocycles. The van der Waals surface area contributed by atoms with E-state index >= 15 is 0 Å². The van der Waals surface area contributed by atoms with Crippen LogP contribution in [0, 0.1) is 5.92 Å². The van der Waals surface area contributed by atoms with E-state index in [2.05, 4.69) is 4.90 Å². The molecule has 5 atom stereocenters. The third kappa shape index (κ3) is 4.37. The third-order valence-corrected chi connectivity index (χ3v) is 8.53. The van der Waals surface area contributed by atoms with Gasteiger partial charge in [-0.3, -0.25) is 9.59 Å². The first kappa shape index (κ1) is 27.5. The van der Waals surface area contributed by atoms with Crippen LogP contribution in [-0.2, 0) is 40.4 Å². The lowest BCUT2D eigenvalue weighted by Gasteiger charge is -2.61. The second kappa shape index (κ2) is 10.1. The van der Waals surface area contributed by atoms with Crippen molar-refractivity contribution >= 4 is 17.9 Å². The molecule has 1 N–H and O–H groups in total. The Morgan fingerprint density at radius 2 is 1.92 bits per heavy atom. The molecule has 0 unspecified atom stereocenters. The van der Waals surface area contributed by atoms with E-state index in [4.69, 9.17) is 23.7 Å². The summed E-state index contributed by atoms with van der Waals surface area (Å²) >= 11 is 0. The molecular formula is C29H37NO9. The van der Waals surface area contributed by atoms with Gasteiger partial charge in [0.1, 0.15) is 5.76 Å². The van der Waals surface area contributed by atoms with Crippen molar-refractivity contribution in [2.75, 3.05) is 27.3 Å². The minimum absolute atomic E-state index is 0.121. The number of aliphatic hydroxyl groups is 1. The summed E-state index contributed by atoms with van der Waals surface area (Å²) in [6.45, 7) is 6.28. The summed E-state index contributed by atoms with van der Waals surface area (Å²) in [4.78, 5) is 39.3. The minimum atomic E-state index is -1.20. The molecule has 1 saturated heterocycles. The second-order valence-corrected chi connectivity index (χ2v) is 11.4. The Labute approximate surface area is 228 Å². The van der Waals surface area contributed by atoms with Gasteiger partial charge < -0.3 is 33.7 Å². The van der Waals surface area contributed by atoms with Gasteiger partial charge in [0.15, 0.2) is 23.7 Å². The summed E-state index contributed by atoms with van der Waals surface area (Å²) in [7, 11) is 3.60. The Bertz CT molecular complexity index is 1210. The van der Waals surface area contributed by atoms with Crippen molar-refractivity contribution < 1.29 is 43.2 Å². The van der Waals surface area contributed by atoms with Gasteiger partial charge in [0.25, 0.3) is 0 Å². The monoisotopic (exact) mass is 543 g/mol. The summed E-state index contributed by atoms with van der Waals surface area (Å²) in [6, 6.07) is 3.78. The molecule has 10 heteroatoms. The second-order valence-electron chi connectivity index (χ2n) is 11.4. The Morgan fingerprint density at radius 3 is 2.64 bits per heavy atom. The van der Waals surface area contributed by atoms with Crippen LogP contribution in [-0.4, -0.2) is 79.1 Å². The van der Waals surface area contributed by atoms with E-state index in [1.165, 1.54) is 6.92 Å². The molecule has 0 aromatic heterocycles. The molecule has 0 radical (unpaired) electrons. The number of ether oxygens (including phenoxy) is 5. The number of carbonyl (C=O) groups excluding carboxylic acids is 3. The number of methoxy groups -OCH3 is 1. The van der Waals surface area contributed by atoms with Gasteiger partial charge in [-0.1, -0.05) is 19.9 Å². The summed E-state index contributed by atoms with van der Waals surface area (Å²) in [5.74, 6) is -0.322. The number of hydrogen-bond acceptors (Lipinski definition) is 10. The largest absolute Gasteiger partial charge is 0.493 e. The normalized spacial score (nSPS) is 29.1. The van der Waals surface area contributed by atoms with Crippen molar-refractivity contribution in [1.29, 1.82) is 0 Å². The van der Waals surface area contributed by atoms with E-state index in [0.717, 1.165) is 17.7 Å². The van der Waals surface area contributed by atoms with E-state index in [1.807, 2.05) is 33.0 Å². The van der Waals surface area contributed by atoms with E-state index in [-0.39, 0.29) is 37.8 Å². The Hall–Kier alpha value is -3.11.